The number of aliphatic carboxylic acids is 1. The summed E-state index contributed by atoms with van der Waals surface area (Å²) in [5, 5.41) is 7.89. The molecule has 0 rings (SSSR count). The van der Waals surface area contributed by atoms with Gasteiger partial charge in [0.15, 0.2) is 0 Å². The van der Waals surface area contributed by atoms with E-state index >= 15 is 0 Å². The van der Waals surface area contributed by atoms with Gasteiger partial charge in [-0.3, -0.25) is 10.2 Å². The molecule has 0 aliphatic carbocycles. The van der Waals surface area contributed by atoms with Crippen molar-refractivity contribution in [3.8, 4) is 0 Å². The Bertz CT molecular complexity index is 177. The highest BCUT2D eigenvalue weighted by Gasteiger charge is 2.09. The molecule has 5 N–H and O–H groups in total. The zero-order valence-corrected chi connectivity index (χ0v) is 4.75. The fourth-order valence-corrected chi connectivity index (χ4v) is 0.172. The molecular formula is C3H5N3O4. The van der Waals surface area contributed by atoms with Crippen molar-refractivity contribution >= 4 is 17.9 Å². The van der Waals surface area contributed by atoms with Crippen molar-refractivity contribution < 1.29 is 19.5 Å². The van der Waals surface area contributed by atoms with Crippen LogP contribution in [0.4, 0.5) is 4.79 Å². The van der Waals surface area contributed by atoms with Gasteiger partial charge in [0.25, 0.3) is 0 Å². The summed E-state index contributed by atoms with van der Waals surface area (Å²) in [5.74, 6) is -3.05. The second-order valence-electron chi connectivity index (χ2n) is 1.25. The largest absolute Gasteiger partial charge is 0.474 e. The summed E-state index contributed by atoms with van der Waals surface area (Å²) >= 11 is 0. The van der Waals surface area contributed by atoms with E-state index in [1.807, 2.05) is 0 Å². The van der Waals surface area contributed by atoms with E-state index in [0.29, 0.717) is 0 Å². The highest BCUT2D eigenvalue weighted by atomic mass is 16.4. The molecule has 0 saturated carbocycles. The van der Waals surface area contributed by atoms with Crippen LogP contribution >= 0.6 is 0 Å². The predicted octanol–water partition coefficient (Wildman–Crippen LogP) is -2.23. The molecule has 10 heavy (non-hydrogen) atoms. The van der Waals surface area contributed by atoms with Gasteiger partial charge in [0.2, 0.25) is 0 Å². The smallest absolute Gasteiger partial charge is 0.396 e. The first-order valence-electron chi connectivity index (χ1n) is 2.12. The number of hydrazine groups is 1. The van der Waals surface area contributed by atoms with Crippen LogP contribution in [0.2, 0.25) is 0 Å². The van der Waals surface area contributed by atoms with Gasteiger partial charge in [-0.1, -0.05) is 0 Å². The number of nitrogens with one attached hydrogen (secondary N) is 2. The summed E-state index contributed by atoms with van der Waals surface area (Å²) in [7, 11) is 0. The van der Waals surface area contributed by atoms with Crippen LogP contribution in [0.1, 0.15) is 0 Å². The first kappa shape index (κ1) is 8.21. The van der Waals surface area contributed by atoms with Gasteiger partial charge in [-0.2, -0.15) is 0 Å². The van der Waals surface area contributed by atoms with E-state index in [4.69, 9.17) is 5.11 Å². The standard InChI is InChI=1S/C3H5N3O4/c4-3(10)6-5-1(7)2(8)9/h(H,5,7)(H,8,9)(H3,4,6,10). The van der Waals surface area contributed by atoms with Crippen LogP contribution in [0, 0.1) is 0 Å². The first-order valence-corrected chi connectivity index (χ1v) is 2.12. The number of carbonyl (C=O) groups excluding carboxylic acids is 2. The van der Waals surface area contributed by atoms with E-state index < -0.39 is 17.9 Å². The number of carbonyl (C=O) groups is 3. The Kier molecular flexibility index (Phi) is 2.69. The third-order valence-electron chi connectivity index (χ3n) is 0.493. The molecule has 7 nitrogen and oxygen atoms in total. The Hall–Kier alpha value is -1.79. The number of urea groups is 1. The second kappa shape index (κ2) is 3.28. The normalized spacial score (nSPS) is 8.00. The summed E-state index contributed by atoms with van der Waals surface area (Å²) < 4.78 is 0. The van der Waals surface area contributed by atoms with E-state index in [2.05, 4.69) is 5.73 Å². The third kappa shape index (κ3) is 3.24. The third-order valence-corrected chi connectivity index (χ3v) is 0.493. The Labute approximate surface area is 55.2 Å². The topological polar surface area (TPSA) is 122 Å². The fraction of sp³-hybridized carbons (Fsp3) is 0. The Balaban J connectivity index is 3.60. The molecular weight excluding hydrogens is 142 g/mol. The maximum Gasteiger partial charge on any atom is 0.396 e. The van der Waals surface area contributed by atoms with Crippen molar-refractivity contribution in [1.29, 1.82) is 0 Å². The van der Waals surface area contributed by atoms with E-state index in [1.54, 1.807) is 5.43 Å². The van der Waals surface area contributed by atoms with Crippen LogP contribution in [0.3, 0.4) is 0 Å². The van der Waals surface area contributed by atoms with E-state index in [-0.39, 0.29) is 0 Å². The van der Waals surface area contributed by atoms with Gasteiger partial charge in [-0.25, -0.2) is 15.0 Å². The molecule has 0 heterocycles. The molecule has 0 saturated heterocycles. The lowest BCUT2D eigenvalue weighted by atomic mass is 10.7. The van der Waals surface area contributed by atoms with Crippen LogP contribution in [0.5, 0.6) is 0 Å². The summed E-state index contributed by atoms with van der Waals surface area (Å²) in [4.78, 5) is 29.6. The minimum absolute atomic E-state index is 1.03. The number of rotatable bonds is 0. The summed E-state index contributed by atoms with van der Waals surface area (Å²) in [6.45, 7) is 0. The van der Waals surface area contributed by atoms with Crippen molar-refractivity contribution in [2.45, 2.75) is 0 Å². The summed E-state index contributed by atoms with van der Waals surface area (Å²) in [6, 6.07) is -1.03. The molecule has 0 fully saturated rings. The highest BCUT2D eigenvalue weighted by molar-refractivity contribution is 6.31. The molecule has 0 spiro atoms. The van der Waals surface area contributed by atoms with Gasteiger partial charge >= 0.3 is 17.9 Å². The summed E-state index contributed by atoms with van der Waals surface area (Å²) in [6.07, 6.45) is 0. The maximum absolute atomic E-state index is 10.1. The average molecular weight is 147 g/mol. The number of primary amides is 1. The molecule has 0 radical (unpaired) electrons. The van der Waals surface area contributed by atoms with Crippen molar-refractivity contribution in [2.24, 2.45) is 5.73 Å². The maximum atomic E-state index is 10.1. The first-order chi connectivity index (χ1) is 4.54. The summed E-state index contributed by atoms with van der Waals surface area (Å²) in [5.41, 5.74) is 7.59. The van der Waals surface area contributed by atoms with Crippen molar-refractivity contribution in [1.82, 2.24) is 10.9 Å². The molecule has 0 atom stereocenters. The van der Waals surface area contributed by atoms with Gasteiger partial charge < -0.3 is 10.8 Å². The number of hydrogen-bond acceptors (Lipinski definition) is 3. The molecule has 0 aromatic heterocycles. The number of carboxylic acids is 1. The molecule has 0 unspecified atom stereocenters. The number of hydrogen-bond donors (Lipinski definition) is 4. The van der Waals surface area contributed by atoms with Gasteiger partial charge in [0.05, 0.1) is 0 Å². The lowest BCUT2D eigenvalue weighted by molar-refractivity contribution is -0.150. The number of carboxylic acid groups (broad SMARTS) is 1. The molecule has 0 bridgehead atoms. The molecule has 7 heteroatoms. The van der Waals surface area contributed by atoms with Crippen LogP contribution < -0.4 is 16.6 Å². The van der Waals surface area contributed by atoms with Gasteiger partial charge in [0, 0.05) is 0 Å². The van der Waals surface area contributed by atoms with Crippen LogP contribution in [-0.4, -0.2) is 23.0 Å². The molecule has 0 aliphatic rings. The quantitative estimate of drug-likeness (QED) is 0.229. The van der Waals surface area contributed by atoms with Crippen molar-refractivity contribution in [2.75, 3.05) is 0 Å². The number of nitrogens with two attached hydrogens (primary N) is 1. The predicted molar refractivity (Wildman–Crippen MR) is 28.5 cm³/mol. The Morgan fingerprint density at radius 3 is 2.00 bits per heavy atom. The van der Waals surface area contributed by atoms with Gasteiger partial charge in [-0.05, 0) is 0 Å². The zero-order valence-electron chi connectivity index (χ0n) is 4.75. The fourth-order valence-electron chi connectivity index (χ4n) is 0.172. The van der Waals surface area contributed by atoms with Gasteiger partial charge in [0.1, 0.15) is 0 Å². The minimum atomic E-state index is -1.70. The number of amides is 3. The Morgan fingerprint density at radius 2 is 1.70 bits per heavy atom. The molecule has 0 aromatic rings. The zero-order chi connectivity index (χ0) is 8.15. The SMILES string of the molecule is NC(=O)NNC(=O)C(=O)O. The monoisotopic (exact) mass is 147 g/mol. The lowest BCUT2D eigenvalue weighted by Crippen LogP contribution is -2.47. The van der Waals surface area contributed by atoms with Crippen LogP contribution in [0.25, 0.3) is 0 Å². The average Bonchev–Trinajstić information content (AvgIpc) is 1.82. The van der Waals surface area contributed by atoms with Crippen molar-refractivity contribution in [3.05, 3.63) is 0 Å². The molecule has 56 valence electrons. The van der Waals surface area contributed by atoms with E-state index in [1.165, 1.54) is 5.43 Å². The minimum Gasteiger partial charge on any atom is -0.474 e. The lowest BCUT2D eigenvalue weighted by Gasteiger charge is -1.98. The highest BCUT2D eigenvalue weighted by Crippen LogP contribution is 1.60. The van der Waals surface area contributed by atoms with Crippen LogP contribution in [-0.2, 0) is 9.59 Å². The van der Waals surface area contributed by atoms with Crippen molar-refractivity contribution in [3.63, 3.8) is 0 Å². The second-order valence-corrected chi connectivity index (χ2v) is 1.25. The van der Waals surface area contributed by atoms with E-state index in [0.717, 1.165) is 0 Å². The van der Waals surface area contributed by atoms with Gasteiger partial charge in [-0.15, -0.1) is 0 Å². The van der Waals surface area contributed by atoms with Crippen LogP contribution in [0.15, 0.2) is 0 Å². The van der Waals surface area contributed by atoms with E-state index in [9.17, 15) is 14.4 Å². The Morgan fingerprint density at radius 1 is 1.20 bits per heavy atom. The molecule has 0 aromatic carbocycles. The molecule has 3 amide bonds. The molecule has 0 aliphatic heterocycles.